The monoisotopic (exact) mass is 302 g/mol. The minimum Gasteiger partial charge on any atom is -0.441 e. The molecule has 0 bridgehead atoms. The fourth-order valence-corrected chi connectivity index (χ4v) is 2.00. The molecule has 1 heterocycles. The number of aryl methyl sites for hydroxylation is 1. The van der Waals surface area contributed by atoms with Gasteiger partial charge in [0.1, 0.15) is 11.3 Å². The molecule has 3 aromatic rings. The van der Waals surface area contributed by atoms with Gasteiger partial charge >= 0.3 is 6.09 Å². The van der Waals surface area contributed by atoms with Crippen molar-refractivity contribution in [3.05, 3.63) is 53.4 Å². The fraction of sp³-hybridized carbons (Fsp3) is 0.0667. The number of amides is 1. The van der Waals surface area contributed by atoms with Crippen LogP contribution in [0.5, 0.6) is 5.75 Å². The SMILES string of the molecule is Cc1nc2cc(OC(=O)Nc3ccc(Cl)cc3)ccc2o1. The Hall–Kier alpha value is -2.53. The zero-order valence-corrected chi connectivity index (χ0v) is 11.8. The molecule has 0 saturated carbocycles. The Balaban J connectivity index is 1.71. The number of fused-ring (bicyclic) bond motifs is 1. The van der Waals surface area contributed by atoms with Crippen LogP contribution >= 0.6 is 11.6 Å². The number of nitrogens with zero attached hydrogens (tertiary/aromatic N) is 1. The number of aromatic nitrogens is 1. The van der Waals surface area contributed by atoms with Gasteiger partial charge in [-0.3, -0.25) is 5.32 Å². The molecule has 0 spiro atoms. The van der Waals surface area contributed by atoms with Gasteiger partial charge in [-0.15, -0.1) is 0 Å². The van der Waals surface area contributed by atoms with E-state index < -0.39 is 6.09 Å². The van der Waals surface area contributed by atoms with Crippen LogP contribution in [0.15, 0.2) is 46.9 Å². The molecule has 0 aliphatic carbocycles. The van der Waals surface area contributed by atoms with E-state index in [-0.39, 0.29) is 0 Å². The number of hydrogen-bond donors (Lipinski definition) is 1. The number of nitrogens with one attached hydrogen (secondary N) is 1. The lowest BCUT2D eigenvalue weighted by Crippen LogP contribution is -2.16. The second kappa shape index (κ2) is 5.46. The number of hydrogen-bond acceptors (Lipinski definition) is 4. The number of carbonyl (C=O) groups excluding carboxylic acids is 1. The van der Waals surface area contributed by atoms with Crippen LogP contribution in [0.3, 0.4) is 0 Å². The molecule has 0 saturated heterocycles. The van der Waals surface area contributed by atoms with E-state index in [2.05, 4.69) is 10.3 Å². The predicted molar refractivity (Wildman–Crippen MR) is 79.8 cm³/mol. The number of ether oxygens (including phenoxy) is 1. The van der Waals surface area contributed by atoms with Gasteiger partial charge in [-0.05, 0) is 36.4 Å². The lowest BCUT2D eigenvalue weighted by atomic mass is 10.3. The number of oxazole rings is 1. The van der Waals surface area contributed by atoms with Crippen molar-refractivity contribution >= 4 is 34.5 Å². The summed E-state index contributed by atoms with van der Waals surface area (Å²) in [5.74, 6) is 0.954. The maximum atomic E-state index is 11.8. The third-order valence-corrected chi connectivity index (χ3v) is 3.02. The van der Waals surface area contributed by atoms with Crippen LogP contribution in [0.25, 0.3) is 11.1 Å². The van der Waals surface area contributed by atoms with Crippen molar-refractivity contribution in [2.24, 2.45) is 0 Å². The normalized spacial score (nSPS) is 10.6. The van der Waals surface area contributed by atoms with Gasteiger partial charge in [0.2, 0.25) is 0 Å². The van der Waals surface area contributed by atoms with Gasteiger partial charge in [-0.2, -0.15) is 0 Å². The van der Waals surface area contributed by atoms with Crippen LogP contribution < -0.4 is 10.1 Å². The zero-order chi connectivity index (χ0) is 14.8. The Bertz CT molecular complexity index is 796. The quantitative estimate of drug-likeness (QED) is 0.762. The minimum absolute atomic E-state index is 0.391. The first kappa shape index (κ1) is 13.5. The lowest BCUT2D eigenvalue weighted by molar-refractivity contribution is 0.215. The van der Waals surface area contributed by atoms with Crippen LogP contribution in [-0.4, -0.2) is 11.1 Å². The second-order valence-corrected chi connectivity index (χ2v) is 4.82. The zero-order valence-electron chi connectivity index (χ0n) is 11.1. The van der Waals surface area contributed by atoms with Gasteiger partial charge < -0.3 is 9.15 Å². The van der Waals surface area contributed by atoms with E-state index >= 15 is 0 Å². The Labute approximate surface area is 125 Å². The highest BCUT2D eigenvalue weighted by Gasteiger charge is 2.08. The smallest absolute Gasteiger partial charge is 0.417 e. The summed E-state index contributed by atoms with van der Waals surface area (Å²) >= 11 is 5.78. The molecule has 0 aliphatic heterocycles. The topological polar surface area (TPSA) is 64.4 Å². The van der Waals surface area contributed by atoms with E-state index in [4.69, 9.17) is 20.8 Å². The molecule has 2 aromatic carbocycles. The molecule has 106 valence electrons. The summed E-state index contributed by atoms with van der Waals surface area (Å²) in [5, 5.41) is 3.21. The first-order chi connectivity index (χ1) is 10.1. The number of carbonyl (C=O) groups is 1. The average Bonchev–Trinajstić information content (AvgIpc) is 2.80. The standard InChI is InChI=1S/C15H11ClN2O3/c1-9-17-13-8-12(6-7-14(13)20-9)21-15(19)18-11-4-2-10(16)3-5-11/h2-8H,1H3,(H,18,19). The third kappa shape index (κ3) is 3.14. The maximum Gasteiger partial charge on any atom is 0.417 e. The van der Waals surface area contributed by atoms with E-state index in [0.717, 1.165) is 0 Å². The van der Waals surface area contributed by atoms with E-state index in [1.54, 1.807) is 49.4 Å². The van der Waals surface area contributed by atoms with Crippen molar-refractivity contribution in [1.82, 2.24) is 4.98 Å². The Morgan fingerprint density at radius 2 is 2.00 bits per heavy atom. The molecule has 6 heteroatoms. The number of rotatable bonds is 2. The first-order valence-electron chi connectivity index (χ1n) is 6.22. The van der Waals surface area contributed by atoms with Crippen LogP contribution in [0.1, 0.15) is 5.89 Å². The van der Waals surface area contributed by atoms with Crippen molar-refractivity contribution in [2.75, 3.05) is 5.32 Å². The summed E-state index contributed by atoms with van der Waals surface area (Å²) in [6.45, 7) is 1.76. The number of anilines is 1. The highest BCUT2D eigenvalue weighted by molar-refractivity contribution is 6.30. The molecule has 0 unspecified atom stereocenters. The van der Waals surface area contributed by atoms with E-state index in [1.807, 2.05) is 0 Å². The molecule has 0 aliphatic rings. The van der Waals surface area contributed by atoms with Crippen LogP contribution in [-0.2, 0) is 0 Å². The van der Waals surface area contributed by atoms with Crippen LogP contribution in [0.4, 0.5) is 10.5 Å². The van der Waals surface area contributed by atoms with Gasteiger partial charge in [0, 0.05) is 23.7 Å². The van der Waals surface area contributed by atoms with Crippen molar-refractivity contribution in [3.8, 4) is 5.75 Å². The molecular weight excluding hydrogens is 292 g/mol. The Kier molecular flexibility index (Phi) is 3.50. The van der Waals surface area contributed by atoms with Gasteiger partial charge in [0.15, 0.2) is 11.5 Å². The number of benzene rings is 2. The summed E-state index contributed by atoms with van der Waals surface area (Å²) in [7, 11) is 0. The molecule has 0 radical (unpaired) electrons. The molecule has 5 nitrogen and oxygen atoms in total. The summed E-state index contributed by atoms with van der Waals surface area (Å²) < 4.78 is 10.6. The largest absolute Gasteiger partial charge is 0.441 e. The average molecular weight is 303 g/mol. The highest BCUT2D eigenvalue weighted by Crippen LogP contribution is 2.22. The first-order valence-corrected chi connectivity index (χ1v) is 6.59. The summed E-state index contributed by atoms with van der Waals surface area (Å²) in [4.78, 5) is 16.0. The van der Waals surface area contributed by atoms with Crippen LogP contribution in [0, 0.1) is 6.92 Å². The van der Waals surface area contributed by atoms with Gasteiger partial charge in [-0.25, -0.2) is 9.78 Å². The maximum absolute atomic E-state index is 11.8. The van der Waals surface area contributed by atoms with Gasteiger partial charge in [0.05, 0.1) is 0 Å². The van der Waals surface area contributed by atoms with Crippen molar-refractivity contribution < 1.29 is 13.9 Å². The van der Waals surface area contributed by atoms with Gasteiger partial charge in [-0.1, -0.05) is 11.6 Å². The summed E-state index contributed by atoms with van der Waals surface area (Å²) in [5.41, 5.74) is 1.89. The molecule has 1 N–H and O–H groups in total. The molecule has 1 amide bonds. The van der Waals surface area contributed by atoms with Crippen molar-refractivity contribution in [1.29, 1.82) is 0 Å². The van der Waals surface area contributed by atoms with Crippen molar-refractivity contribution in [3.63, 3.8) is 0 Å². The fourth-order valence-electron chi connectivity index (χ4n) is 1.87. The van der Waals surface area contributed by atoms with E-state index in [1.165, 1.54) is 0 Å². The highest BCUT2D eigenvalue weighted by atomic mass is 35.5. The molecular formula is C15H11ClN2O3. The molecule has 0 atom stereocenters. The molecule has 3 rings (SSSR count). The van der Waals surface area contributed by atoms with E-state index in [9.17, 15) is 4.79 Å². The minimum atomic E-state index is -0.586. The summed E-state index contributed by atoms with van der Waals surface area (Å²) in [6, 6.07) is 11.7. The van der Waals surface area contributed by atoms with Gasteiger partial charge in [0.25, 0.3) is 0 Å². The Morgan fingerprint density at radius 1 is 1.24 bits per heavy atom. The second-order valence-electron chi connectivity index (χ2n) is 4.38. The third-order valence-electron chi connectivity index (χ3n) is 2.77. The molecule has 21 heavy (non-hydrogen) atoms. The predicted octanol–water partition coefficient (Wildman–Crippen LogP) is 4.40. The van der Waals surface area contributed by atoms with Crippen LogP contribution in [0.2, 0.25) is 5.02 Å². The Morgan fingerprint density at radius 3 is 2.76 bits per heavy atom. The lowest BCUT2D eigenvalue weighted by Gasteiger charge is -2.06. The molecule has 0 fully saturated rings. The van der Waals surface area contributed by atoms with Crippen molar-refractivity contribution in [2.45, 2.75) is 6.92 Å². The number of halogens is 1. The van der Waals surface area contributed by atoms with E-state index in [0.29, 0.717) is 33.4 Å². The molecule has 1 aromatic heterocycles. The summed E-state index contributed by atoms with van der Waals surface area (Å²) in [6.07, 6.45) is -0.586.